The van der Waals surface area contributed by atoms with Gasteiger partial charge < -0.3 is 10.2 Å². The highest BCUT2D eigenvalue weighted by molar-refractivity contribution is 9.10. The van der Waals surface area contributed by atoms with Crippen molar-refractivity contribution in [3.63, 3.8) is 0 Å². The third-order valence-corrected chi connectivity index (χ3v) is 3.49. The molecular weight excluding hydrogens is 392 g/mol. The lowest BCUT2D eigenvalue weighted by molar-refractivity contribution is 0.452. The molecule has 2 aromatic heterocycles. The summed E-state index contributed by atoms with van der Waals surface area (Å²) in [7, 11) is 0. The highest BCUT2D eigenvalue weighted by Gasteiger charge is 2.13. The van der Waals surface area contributed by atoms with Gasteiger partial charge in [-0.15, -0.1) is 0 Å². The Labute approximate surface area is 130 Å². The Kier molecular flexibility index (Phi) is 3.27. The summed E-state index contributed by atoms with van der Waals surface area (Å²) in [6.07, 6.45) is 6.54. The molecule has 0 bridgehead atoms. The number of aromatic hydroxyl groups is 2. The summed E-state index contributed by atoms with van der Waals surface area (Å²) in [5, 5.41) is 28.3. The van der Waals surface area contributed by atoms with Gasteiger partial charge in [0.1, 0.15) is 22.9 Å². The molecule has 8 heteroatoms. The van der Waals surface area contributed by atoms with Crippen molar-refractivity contribution in [1.29, 1.82) is 0 Å². The molecule has 20 heavy (non-hydrogen) atoms. The normalized spacial score (nSPS) is 10.9. The van der Waals surface area contributed by atoms with Gasteiger partial charge in [-0.25, -0.2) is 9.36 Å². The fourth-order valence-electron chi connectivity index (χ4n) is 1.79. The van der Waals surface area contributed by atoms with Crippen molar-refractivity contribution >= 4 is 31.9 Å². The molecule has 1 aromatic carbocycles. The highest BCUT2D eigenvalue weighted by atomic mass is 79.9. The van der Waals surface area contributed by atoms with Crippen LogP contribution in [0.15, 0.2) is 45.9 Å². The van der Waals surface area contributed by atoms with Crippen LogP contribution in [0.25, 0.3) is 11.4 Å². The first-order chi connectivity index (χ1) is 9.54. The molecule has 6 nitrogen and oxygen atoms in total. The lowest BCUT2D eigenvalue weighted by Gasteiger charge is -2.10. The van der Waals surface area contributed by atoms with Crippen molar-refractivity contribution in [3.05, 3.63) is 45.9 Å². The Morgan fingerprint density at radius 3 is 1.50 bits per heavy atom. The van der Waals surface area contributed by atoms with E-state index in [4.69, 9.17) is 0 Å². The van der Waals surface area contributed by atoms with E-state index in [1.54, 1.807) is 24.8 Å². The van der Waals surface area contributed by atoms with Crippen LogP contribution in [0.3, 0.4) is 0 Å². The van der Waals surface area contributed by atoms with Gasteiger partial charge in [-0.2, -0.15) is 10.2 Å². The zero-order valence-corrected chi connectivity index (χ0v) is 13.1. The number of hydrogen-bond acceptors (Lipinski definition) is 4. The van der Waals surface area contributed by atoms with Gasteiger partial charge in [-0.1, -0.05) is 0 Å². The van der Waals surface area contributed by atoms with Crippen molar-refractivity contribution in [2.75, 3.05) is 0 Å². The molecule has 0 unspecified atom stereocenters. The first kappa shape index (κ1) is 13.2. The predicted molar refractivity (Wildman–Crippen MR) is 79.4 cm³/mol. The molecule has 3 aromatic rings. The molecule has 0 atom stereocenters. The quantitative estimate of drug-likeness (QED) is 0.649. The van der Waals surface area contributed by atoms with Crippen molar-refractivity contribution in [1.82, 2.24) is 19.6 Å². The molecule has 0 spiro atoms. The van der Waals surface area contributed by atoms with Gasteiger partial charge in [0, 0.05) is 24.5 Å². The van der Waals surface area contributed by atoms with Crippen LogP contribution < -0.4 is 0 Å². The van der Waals surface area contributed by atoms with Gasteiger partial charge >= 0.3 is 0 Å². The van der Waals surface area contributed by atoms with E-state index >= 15 is 0 Å². The number of phenols is 2. The second kappa shape index (κ2) is 4.95. The maximum atomic E-state index is 10.1. The second-order valence-corrected chi connectivity index (χ2v) is 5.87. The molecule has 2 heterocycles. The molecule has 3 rings (SSSR count). The minimum Gasteiger partial charge on any atom is -0.506 e. The Balaban J connectivity index is 2.11. The first-order valence-electron chi connectivity index (χ1n) is 5.51. The van der Waals surface area contributed by atoms with Crippen molar-refractivity contribution < 1.29 is 10.2 Å². The maximum Gasteiger partial charge on any atom is 0.143 e. The summed E-state index contributed by atoms with van der Waals surface area (Å²) in [5.74, 6) is -0.0277. The highest BCUT2D eigenvalue weighted by Crippen LogP contribution is 2.32. The molecular formula is C12H8Br2N4O2. The van der Waals surface area contributed by atoms with Crippen LogP contribution in [0.4, 0.5) is 0 Å². The van der Waals surface area contributed by atoms with E-state index in [9.17, 15) is 10.2 Å². The third-order valence-electron chi connectivity index (χ3n) is 2.67. The number of rotatable bonds is 2. The molecule has 102 valence electrons. The molecule has 0 radical (unpaired) electrons. The molecule has 0 aliphatic rings. The average molecular weight is 400 g/mol. The topological polar surface area (TPSA) is 76.1 Å². The lowest BCUT2D eigenvalue weighted by atomic mass is 10.2. The minimum absolute atomic E-state index is 0.0139. The SMILES string of the molecule is Oc1cc(-n2cc(Br)cn2)c(O)cc1-n1cc(Br)cn1. The average Bonchev–Trinajstić information content (AvgIpc) is 3.00. The van der Waals surface area contributed by atoms with Crippen molar-refractivity contribution in [2.45, 2.75) is 0 Å². The minimum atomic E-state index is -0.0139. The molecule has 0 aliphatic heterocycles. The number of halogens is 2. The van der Waals surface area contributed by atoms with Gasteiger partial charge in [-0.05, 0) is 31.9 Å². The second-order valence-electron chi connectivity index (χ2n) is 4.04. The molecule has 0 aliphatic carbocycles. The standard InChI is InChI=1S/C12H8Br2N4O2/c13-7-3-15-17(5-7)9-1-11(19)10(2-12(9)20)18-6-8(14)4-16-18/h1-6,19-20H. The fourth-order valence-corrected chi connectivity index (χ4v) is 2.36. The lowest BCUT2D eigenvalue weighted by Crippen LogP contribution is -1.99. The number of nitrogens with zero attached hydrogens (tertiary/aromatic N) is 4. The molecule has 0 saturated heterocycles. The zero-order valence-electron chi connectivity index (χ0n) is 9.90. The van der Waals surface area contributed by atoms with Crippen molar-refractivity contribution in [2.24, 2.45) is 0 Å². The number of benzene rings is 1. The smallest absolute Gasteiger partial charge is 0.143 e. The molecule has 2 N–H and O–H groups in total. The number of hydrogen-bond donors (Lipinski definition) is 2. The van der Waals surface area contributed by atoms with Crippen LogP contribution >= 0.6 is 31.9 Å². The molecule has 0 saturated carbocycles. The summed E-state index contributed by atoms with van der Waals surface area (Å²) in [6, 6.07) is 2.86. The predicted octanol–water partition coefficient (Wildman–Crippen LogP) is 2.99. The summed E-state index contributed by atoms with van der Waals surface area (Å²) >= 11 is 6.56. The fraction of sp³-hybridized carbons (Fsp3) is 0. The van der Waals surface area contributed by atoms with E-state index < -0.39 is 0 Å². The van der Waals surface area contributed by atoms with Crippen molar-refractivity contribution in [3.8, 4) is 22.9 Å². The van der Waals surface area contributed by atoms with E-state index in [0.29, 0.717) is 11.4 Å². The monoisotopic (exact) mass is 398 g/mol. The summed E-state index contributed by atoms with van der Waals surface area (Å²) in [6.45, 7) is 0. The van der Waals surface area contributed by atoms with E-state index in [2.05, 4.69) is 42.1 Å². The summed E-state index contributed by atoms with van der Waals surface area (Å²) in [4.78, 5) is 0. The first-order valence-corrected chi connectivity index (χ1v) is 7.10. The van der Waals surface area contributed by atoms with Crippen LogP contribution in [-0.4, -0.2) is 29.8 Å². The molecule has 0 fully saturated rings. The van der Waals surface area contributed by atoms with Gasteiger partial charge in [-0.3, -0.25) is 0 Å². The van der Waals surface area contributed by atoms with Gasteiger partial charge in [0.15, 0.2) is 0 Å². The van der Waals surface area contributed by atoms with E-state index in [1.165, 1.54) is 21.5 Å². The van der Waals surface area contributed by atoms with Crippen LogP contribution in [0.5, 0.6) is 11.5 Å². The summed E-state index contributed by atoms with van der Waals surface area (Å²) < 4.78 is 4.47. The Morgan fingerprint density at radius 2 is 1.20 bits per heavy atom. The summed E-state index contributed by atoms with van der Waals surface area (Å²) in [5.41, 5.74) is 0.756. The van der Waals surface area contributed by atoms with E-state index in [1.807, 2.05) is 0 Å². The number of phenolic OH excluding ortho intramolecular Hbond substituents is 2. The zero-order chi connectivity index (χ0) is 14.3. The Hall–Kier alpha value is -1.80. The third kappa shape index (κ3) is 2.32. The Morgan fingerprint density at radius 1 is 0.800 bits per heavy atom. The van der Waals surface area contributed by atoms with Gasteiger partial charge in [0.05, 0.1) is 21.3 Å². The van der Waals surface area contributed by atoms with Crippen LogP contribution in [0.2, 0.25) is 0 Å². The number of aromatic nitrogens is 4. The molecule has 0 amide bonds. The maximum absolute atomic E-state index is 10.1. The largest absolute Gasteiger partial charge is 0.506 e. The van der Waals surface area contributed by atoms with E-state index in [0.717, 1.165) is 8.95 Å². The van der Waals surface area contributed by atoms with Crippen LogP contribution in [-0.2, 0) is 0 Å². The Bertz CT molecular complexity index is 716. The van der Waals surface area contributed by atoms with Gasteiger partial charge in [0.2, 0.25) is 0 Å². The van der Waals surface area contributed by atoms with Gasteiger partial charge in [0.25, 0.3) is 0 Å². The van der Waals surface area contributed by atoms with E-state index in [-0.39, 0.29) is 11.5 Å². The van der Waals surface area contributed by atoms with Crippen LogP contribution in [0.1, 0.15) is 0 Å². The van der Waals surface area contributed by atoms with Crippen LogP contribution in [0, 0.1) is 0 Å².